The van der Waals surface area contributed by atoms with E-state index < -0.39 is 0 Å². The number of carbonyl (C=O) groups is 2. The van der Waals surface area contributed by atoms with E-state index >= 15 is 0 Å². The molecule has 0 spiro atoms. The van der Waals surface area contributed by atoms with E-state index in [4.69, 9.17) is 9.47 Å². The number of benzene rings is 2. The van der Waals surface area contributed by atoms with Crippen molar-refractivity contribution in [2.75, 3.05) is 19.1 Å². The minimum atomic E-state index is -0.339. The summed E-state index contributed by atoms with van der Waals surface area (Å²) in [5.41, 5.74) is 2.40. The van der Waals surface area contributed by atoms with Crippen LogP contribution in [0.5, 0.6) is 11.5 Å². The molecule has 5 nitrogen and oxygen atoms in total. The molecule has 0 unspecified atom stereocenters. The lowest BCUT2D eigenvalue weighted by molar-refractivity contribution is -0.113. The number of imide groups is 1. The van der Waals surface area contributed by atoms with Gasteiger partial charge >= 0.3 is 0 Å². The molecule has 2 aromatic rings. The molecule has 1 aliphatic heterocycles. The molecule has 3 rings (SSSR count). The second-order valence-electron chi connectivity index (χ2n) is 5.62. The summed E-state index contributed by atoms with van der Waals surface area (Å²) in [7, 11) is 3.09. The Labute approximate surface area is 156 Å². The van der Waals surface area contributed by atoms with Crippen LogP contribution in [0, 0.1) is 0 Å². The van der Waals surface area contributed by atoms with Crippen LogP contribution >= 0.6 is 11.8 Å². The predicted octanol–water partition coefficient (Wildman–Crippen LogP) is 4.51. The van der Waals surface area contributed by atoms with Gasteiger partial charge in [0.2, 0.25) is 0 Å². The van der Waals surface area contributed by atoms with Crippen LogP contribution < -0.4 is 14.4 Å². The van der Waals surface area contributed by atoms with Crippen LogP contribution in [0.1, 0.15) is 18.1 Å². The topological polar surface area (TPSA) is 55.8 Å². The Hall–Kier alpha value is -2.73. The van der Waals surface area contributed by atoms with Crippen molar-refractivity contribution in [1.82, 2.24) is 0 Å². The van der Waals surface area contributed by atoms with Gasteiger partial charge in [0.15, 0.2) is 11.5 Å². The number of ether oxygens (including phenoxy) is 2. The summed E-state index contributed by atoms with van der Waals surface area (Å²) in [6.07, 6.45) is 2.56. The van der Waals surface area contributed by atoms with E-state index in [1.54, 1.807) is 37.5 Å². The molecule has 0 aromatic heterocycles. The van der Waals surface area contributed by atoms with Gasteiger partial charge in [-0.3, -0.25) is 9.59 Å². The van der Waals surface area contributed by atoms with Gasteiger partial charge in [0.25, 0.3) is 11.1 Å². The third-order valence-electron chi connectivity index (χ3n) is 4.12. The first-order valence-electron chi connectivity index (χ1n) is 8.17. The van der Waals surface area contributed by atoms with Crippen LogP contribution in [-0.2, 0) is 11.2 Å². The third kappa shape index (κ3) is 3.32. The van der Waals surface area contributed by atoms with E-state index in [0.29, 0.717) is 27.7 Å². The molecule has 2 amide bonds. The number of nitrogens with zero attached hydrogens (tertiary/aromatic N) is 1. The molecule has 26 heavy (non-hydrogen) atoms. The maximum atomic E-state index is 12.8. The lowest BCUT2D eigenvalue weighted by atomic mass is 10.1. The Morgan fingerprint density at radius 2 is 1.77 bits per heavy atom. The highest BCUT2D eigenvalue weighted by Gasteiger charge is 2.36. The van der Waals surface area contributed by atoms with Crippen LogP contribution in [0.2, 0.25) is 0 Å². The summed E-state index contributed by atoms with van der Waals surface area (Å²) in [6, 6.07) is 12.8. The van der Waals surface area contributed by atoms with Crippen LogP contribution in [0.4, 0.5) is 10.5 Å². The molecular formula is C20H19NO4S. The quantitative estimate of drug-likeness (QED) is 0.726. The fraction of sp³-hybridized carbons (Fsp3) is 0.200. The first-order chi connectivity index (χ1) is 12.6. The molecule has 2 aromatic carbocycles. The van der Waals surface area contributed by atoms with E-state index in [1.807, 2.05) is 18.2 Å². The van der Waals surface area contributed by atoms with Gasteiger partial charge in [0.1, 0.15) is 0 Å². The van der Waals surface area contributed by atoms with Crippen LogP contribution in [0.15, 0.2) is 47.4 Å². The number of amides is 2. The average Bonchev–Trinajstić information content (AvgIpc) is 2.94. The van der Waals surface area contributed by atoms with Crippen molar-refractivity contribution in [3.8, 4) is 11.5 Å². The largest absolute Gasteiger partial charge is 0.493 e. The van der Waals surface area contributed by atoms with Crippen LogP contribution in [-0.4, -0.2) is 25.4 Å². The molecule has 1 aliphatic rings. The van der Waals surface area contributed by atoms with E-state index in [1.165, 1.54) is 12.0 Å². The van der Waals surface area contributed by atoms with Crippen molar-refractivity contribution in [2.24, 2.45) is 0 Å². The molecule has 1 heterocycles. The first kappa shape index (κ1) is 18.1. The zero-order valence-corrected chi connectivity index (χ0v) is 15.6. The number of carbonyl (C=O) groups excluding carboxylic acids is 2. The summed E-state index contributed by atoms with van der Waals surface area (Å²) < 4.78 is 10.7. The van der Waals surface area contributed by atoms with E-state index in [2.05, 4.69) is 6.92 Å². The van der Waals surface area contributed by atoms with Crippen molar-refractivity contribution in [1.29, 1.82) is 0 Å². The number of aryl methyl sites for hydroxylation is 1. The van der Waals surface area contributed by atoms with Crippen molar-refractivity contribution in [2.45, 2.75) is 13.3 Å². The fourth-order valence-electron chi connectivity index (χ4n) is 2.74. The van der Waals surface area contributed by atoms with Crippen molar-refractivity contribution >= 4 is 34.7 Å². The van der Waals surface area contributed by atoms with Gasteiger partial charge in [-0.1, -0.05) is 31.2 Å². The van der Waals surface area contributed by atoms with Gasteiger partial charge in [0.05, 0.1) is 24.8 Å². The second kappa shape index (κ2) is 7.66. The van der Waals surface area contributed by atoms with Crippen molar-refractivity contribution in [3.63, 3.8) is 0 Å². The van der Waals surface area contributed by atoms with E-state index in [-0.39, 0.29) is 11.1 Å². The summed E-state index contributed by atoms with van der Waals surface area (Å²) in [5, 5.41) is -0.313. The zero-order valence-electron chi connectivity index (χ0n) is 14.8. The lowest BCUT2D eigenvalue weighted by Gasteiger charge is -2.13. The lowest BCUT2D eigenvalue weighted by Crippen LogP contribution is -2.27. The molecule has 6 heteroatoms. The SMILES string of the molecule is CCc1ccc(N2C(=O)S/C(=C\c3cccc(OC)c3OC)C2=O)cc1. The van der Waals surface area contributed by atoms with Gasteiger partial charge in [-0.2, -0.15) is 0 Å². The molecular weight excluding hydrogens is 350 g/mol. The number of anilines is 1. The van der Waals surface area contributed by atoms with Crippen LogP contribution in [0.3, 0.4) is 0 Å². The molecule has 0 aliphatic carbocycles. The number of rotatable bonds is 5. The van der Waals surface area contributed by atoms with Crippen molar-refractivity contribution < 1.29 is 19.1 Å². The normalized spacial score (nSPS) is 15.7. The monoisotopic (exact) mass is 369 g/mol. The molecule has 0 N–H and O–H groups in total. The van der Waals surface area contributed by atoms with E-state index in [9.17, 15) is 9.59 Å². The Bertz CT molecular complexity index is 874. The number of para-hydroxylation sites is 1. The maximum absolute atomic E-state index is 12.8. The van der Waals surface area contributed by atoms with Gasteiger partial charge in [-0.05, 0) is 48.0 Å². The second-order valence-corrected chi connectivity index (χ2v) is 6.61. The Balaban J connectivity index is 1.95. The Kier molecular flexibility index (Phi) is 5.32. The minimum absolute atomic E-state index is 0.313. The third-order valence-corrected chi connectivity index (χ3v) is 4.99. The smallest absolute Gasteiger partial charge is 0.298 e. The number of methoxy groups -OCH3 is 2. The van der Waals surface area contributed by atoms with Gasteiger partial charge < -0.3 is 9.47 Å². The standard InChI is InChI=1S/C20H19NO4S/c1-4-13-8-10-15(11-9-13)21-19(22)17(26-20(21)23)12-14-6-5-7-16(24-2)18(14)25-3/h5-12H,4H2,1-3H3/b17-12-. The number of hydrogen-bond donors (Lipinski definition) is 0. The van der Waals surface area contributed by atoms with Crippen LogP contribution in [0.25, 0.3) is 6.08 Å². The number of thioether (sulfide) groups is 1. The molecule has 1 saturated heterocycles. The minimum Gasteiger partial charge on any atom is -0.493 e. The highest BCUT2D eigenvalue weighted by molar-refractivity contribution is 8.19. The average molecular weight is 369 g/mol. The van der Waals surface area contributed by atoms with Gasteiger partial charge in [-0.15, -0.1) is 0 Å². The number of hydrogen-bond acceptors (Lipinski definition) is 5. The predicted molar refractivity (Wildman–Crippen MR) is 104 cm³/mol. The first-order valence-corrected chi connectivity index (χ1v) is 8.98. The molecule has 0 atom stereocenters. The van der Waals surface area contributed by atoms with Gasteiger partial charge in [0, 0.05) is 5.56 Å². The zero-order chi connectivity index (χ0) is 18.7. The highest BCUT2D eigenvalue weighted by Crippen LogP contribution is 2.38. The summed E-state index contributed by atoms with van der Waals surface area (Å²) in [6.45, 7) is 2.05. The summed E-state index contributed by atoms with van der Waals surface area (Å²) >= 11 is 0.916. The summed E-state index contributed by atoms with van der Waals surface area (Å²) in [5.74, 6) is 0.749. The Morgan fingerprint density at radius 3 is 2.38 bits per heavy atom. The molecule has 134 valence electrons. The van der Waals surface area contributed by atoms with E-state index in [0.717, 1.165) is 23.7 Å². The molecule has 1 fully saturated rings. The highest BCUT2D eigenvalue weighted by atomic mass is 32.2. The summed E-state index contributed by atoms with van der Waals surface area (Å²) in [4.78, 5) is 26.7. The van der Waals surface area contributed by atoms with Gasteiger partial charge in [-0.25, -0.2) is 4.90 Å². The molecule has 0 saturated carbocycles. The molecule has 0 radical (unpaired) electrons. The maximum Gasteiger partial charge on any atom is 0.298 e. The van der Waals surface area contributed by atoms with Crippen molar-refractivity contribution in [3.05, 3.63) is 58.5 Å². The fourth-order valence-corrected chi connectivity index (χ4v) is 3.57. The molecule has 0 bridgehead atoms. The Morgan fingerprint density at radius 1 is 1.04 bits per heavy atom.